The molecule has 0 spiro atoms. The first-order chi connectivity index (χ1) is 58.3. The van der Waals surface area contributed by atoms with Crippen molar-refractivity contribution in [3.05, 3.63) is 389 Å². The van der Waals surface area contributed by atoms with E-state index < -0.39 is 0 Å². The monoisotopic (exact) mass is 1580 g/mol. The molecular weight excluding hydrogens is 1470 g/mol. The minimum atomic E-state index is 0.0487. The first-order valence-corrected chi connectivity index (χ1v) is 42.0. The maximum absolute atomic E-state index is 7.69. The summed E-state index contributed by atoms with van der Waals surface area (Å²) in [6.07, 6.45) is 9.00. The fraction of sp³-hybridized carbons (Fsp3) is 0.170. The molecule has 20 aromatic rings. The van der Waals surface area contributed by atoms with Gasteiger partial charge < -0.3 is 18.3 Å². The fourth-order valence-electron chi connectivity index (χ4n) is 18.6. The van der Waals surface area contributed by atoms with Gasteiger partial charge in [0.25, 0.3) is 0 Å². The van der Waals surface area contributed by atoms with E-state index in [1.807, 2.05) is 12.1 Å². The number of pyridine rings is 4. The summed E-state index contributed by atoms with van der Waals surface area (Å²) in [5.74, 6) is 0. The Balaban J connectivity index is 0.000000115. The van der Waals surface area contributed by atoms with Crippen molar-refractivity contribution >= 4 is 92.4 Å². The molecule has 0 aliphatic heterocycles. The van der Waals surface area contributed by atoms with Gasteiger partial charge in [-0.25, -0.2) is 4.85 Å². The highest BCUT2D eigenvalue weighted by molar-refractivity contribution is 5.93. The number of aromatic nitrogens is 8. The minimum absolute atomic E-state index is 0.0487. The summed E-state index contributed by atoms with van der Waals surface area (Å²) in [5, 5.41) is 15.1. The van der Waals surface area contributed by atoms with Gasteiger partial charge in [-0.15, -0.1) is 0 Å². The number of fused-ring (bicyclic) bond motifs is 8. The van der Waals surface area contributed by atoms with Crippen LogP contribution in [0, 0.1) is 82.7 Å². The first-order valence-electron chi connectivity index (χ1n) is 42.0. The van der Waals surface area contributed by atoms with E-state index in [9.17, 15) is 0 Å². The Morgan fingerprint density at radius 2 is 0.570 bits per heavy atom. The SMILES string of the molecule is Cc1c(-c2cc3ccccc3n2C)cc(C(C)(C)C)cc1-[n+]1cc2ccccc2cc1C.Cc1cc(-c2cc3ccccc3n2C)c(C)c(-[n+]2cc3ccccc3cc2C)c1.Cc1cc(C)c(-[n+]2cc3ccccc3cc2C)c(C)c1-c1cc2ccccc2n1C.[C-]#[N+]c1cc(-c2cc3ccccc3n2C)c(C)c(-[n+]2cc3ccccc3cc2C)c1. The van der Waals surface area contributed by atoms with Crippen LogP contribution in [-0.2, 0) is 33.6 Å². The molecule has 0 radical (unpaired) electrons. The van der Waals surface area contributed by atoms with E-state index in [4.69, 9.17) is 6.57 Å². The largest absolute Gasteiger partial charge is 0.344 e. The summed E-state index contributed by atoms with van der Waals surface area (Å²) in [7, 11) is 8.60. The number of rotatable bonds is 8. The molecule has 0 N–H and O–H groups in total. The molecule has 0 atom stereocenters. The quantitative estimate of drug-likeness (QED) is 0.107. The van der Waals surface area contributed by atoms with Gasteiger partial charge in [-0.2, -0.15) is 18.3 Å². The van der Waals surface area contributed by atoms with E-state index in [1.165, 1.54) is 194 Å². The number of benzene rings is 12. The molecule has 0 saturated heterocycles. The molecule has 9 nitrogen and oxygen atoms in total. The summed E-state index contributed by atoms with van der Waals surface area (Å²) < 4.78 is 18.4. The third kappa shape index (κ3) is 14.8. The Morgan fingerprint density at radius 1 is 0.273 bits per heavy atom. The number of hydrogen-bond acceptors (Lipinski definition) is 0. The molecule has 0 aliphatic carbocycles. The van der Waals surface area contributed by atoms with E-state index in [0.717, 1.165) is 28.2 Å². The molecule has 594 valence electrons. The predicted molar refractivity (Wildman–Crippen MR) is 507 cm³/mol. The number of hydrogen-bond donors (Lipinski definition) is 0. The van der Waals surface area contributed by atoms with Crippen molar-refractivity contribution in [2.45, 2.75) is 102 Å². The van der Waals surface area contributed by atoms with Crippen molar-refractivity contribution in [2.24, 2.45) is 28.2 Å². The third-order valence-corrected chi connectivity index (χ3v) is 25.1. The Hall–Kier alpha value is -14.1. The second-order valence-corrected chi connectivity index (χ2v) is 34.2. The van der Waals surface area contributed by atoms with E-state index >= 15 is 0 Å². The van der Waals surface area contributed by atoms with Gasteiger partial charge in [0.05, 0.1) is 6.57 Å². The summed E-state index contributed by atoms with van der Waals surface area (Å²) in [6, 6.07) is 102. The number of aryl methyl sites for hydroxylation is 11. The minimum Gasteiger partial charge on any atom is -0.344 e. The van der Waals surface area contributed by atoms with Crippen molar-refractivity contribution < 1.29 is 18.3 Å². The van der Waals surface area contributed by atoms with Crippen molar-refractivity contribution in [3.63, 3.8) is 0 Å². The van der Waals surface area contributed by atoms with Crippen LogP contribution in [0.1, 0.15) is 88.1 Å². The van der Waals surface area contributed by atoms with Crippen LogP contribution in [0.15, 0.2) is 310 Å². The molecule has 0 amide bonds. The highest BCUT2D eigenvalue weighted by atomic mass is 15.0. The molecule has 9 heteroatoms. The Labute approximate surface area is 711 Å². The van der Waals surface area contributed by atoms with Gasteiger partial charge in [0.2, 0.25) is 22.7 Å². The molecule has 0 unspecified atom stereocenters. The first kappa shape index (κ1) is 79.4. The second-order valence-electron chi connectivity index (χ2n) is 34.2. The Morgan fingerprint density at radius 3 is 0.934 bits per heavy atom. The average molecular weight is 1580 g/mol. The molecule has 20 rings (SSSR count). The molecule has 12 aromatic carbocycles. The highest BCUT2D eigenvalue weighted by Gasteiger charge is 2.29. The molecule has 0 aliphatic rings. The van der Waals surface area contributed by atoms with Crippen LogP contribution in [0.2, 0.25) is 0 Å². The third-order valence-electron chi connectivity index (χ3n) is 25.1. The molecule has 0 fully saturated rings. The number of nitrogens with zero attached hydrogens (tertiary/aromatic N) is 9. The zero-order chi connectivity index (χ0) is 84.6. The lowest BCUT2D eigenvalue weighted by Crippen LogP contribution is -2.36. The van der Waals surface area contributed by atoms with Crippen molar-refractivity contribution in [3.8, 4) is 67.8 Å². The van der Waals surface area contributed by atoms with Gasteiger partial charge in [-0.1, -0.05) is 166 Å². The summed E-state index contributed by atoms with van der Waals surface area (Å²) in [4.78, 5) is 3.79. The molecule has 0 saturated carbocycles. The van der Waals surface area contributed by atoms with Crippen molar-refractivity contribution in [2.75, 3.05) is 0 Å². The summed E-state index contributed by atoms with van der Waals surface area (Å²) in [5.41, 5.74) is 35.6. The van der Waals surface area contributed by atoms with Gasteiger partial charge in [0, 0.05) is 231 Å². The van der Waals surface area contributed by atoms with Crippen molar-refractivity contribution in [1.82, 2.24) is 18.3 Å². The second kappa shape index (κ2) is 32.0. The smallest absolute Gasteiger partial charge is 0.217 e. The van der Waals surface area contributed by atoms with Crippen LogP contribution < -0.4 is 18.3 Å². The highest BCUT2D eigenvalue weighted by Crippen LogP contribution is 2.41. The van der Waals surface area contributed by atoms with Crippen molar-refractivity contribution in [1.29, 1.82) is 0 Å². The van der Waals surface area contributed by atoms with Gasteiger partial charge in [-0.3, -0.25) is 0 Å². The van der Waals surface area contributed by atoms with Gasteiger partial charge in [0.1, 0.15) is 0 Å². The summed E-state index contributed by atoms with van der Waals surface area (Å²) >= 11 is 0. The van der Waals surface area contributed by atoms with E-state index in [0.29, 0.717) is 5.69 Å². The van der Waals surface area contributed by atoms with E-state index in [2.05, 4.69) is 464 Å². The van der Waals surface area contributed by atoms with Crippen LogP contribution in [0.25, 0.3) is 159 Å². The maximum Gasteiger partial charge on any atom is 0.217 e. The normalized spacial score (nSPS) is 11.5. The zero-order valence-corrected chi connectivity index (χ0v) is 73.0. The Kier molecular flexibility index (Phi) is 21.0. The zero-order valence-electron chi connectivity index (χ0n) is 73.0. The molecule has 8 heterocycles. The lowest BCUT2D eigenvalue weighted by molar-refractivity contribution is -0.602. The molecule has 0 bridgehead atoms. The molecule has 8 aromatic heterocycles. The van der Waals surface area contributed by atoms with Crippen LogP contribution in [0.5, 0.6) is 0 Å². The topological polar surface area (TPSA) is 39.6 Å². The van der Waals surface area contributed by atoms with E-state index in [-0.39, 0.29) is 5.41 Å². The van der Waals surface area contributed by atoms with Crippen LogP contribution in [0.3, 0.4) is 0 Å². The van der Waals surface area contributed by atoms with Gasteiger partial charge in [-0.05, 0) is 195 Å². The van der Waals surface area contributed by atoms with Crippen LogP contribution in [-0.4, -0.2) is 18.3 Å². The lowest BCUT2D eigenvalue weighted by Gasteiger charge is -2.22. The van der Waals surface area contributed by atoms with Gasteiger partial charge >= 0.3 is 0 Å². The van der Waals surface area contributed by atoms with Crippen LogP contribution >= 0.6 is 0 Å². The lowest BCUT2D eigenvalue weighted by atomic mass is 9.84. The van der Waals surface area contributed by atoms with Crippen LogP contribution in [0.4, 0.5) is 5.69 Å². The number of para-hydroxylation sites is 4. The van der Waals surface area contributed by atoms with Gasteiger partial charge in [0.15, 0.2) is 53.3 Å². The van der Waals surface area contributed by atoms with E-state index in [1.54, 1.807) is 0 Å². The maximum atomic E-state index is 7.69. The average Bonchev–Trinajstić information content (AvgIpc) is 1.70. The standard InChI is InChI=1S/C30H31N2.C28H27N2.C27H22N3.C27H25N2/c1-20-15-22-11-7-8-13-24(22)19-32(20)28-18-25(30(3,4)5)17-26(21(28)2)29-16-23-12-9-10-14-27(23)31(29)6;1-18-14-19(2)28(30-17-24-12-7-6-10-22(24)15-20(30)3)21(4)27(18)26-16-23-11-8-9-13-25(23)29(26)5;1-18-13-20-9-5-6-11-22(20)17-30(18)26-16-23(28-3)15-24(19(26)2)27-14-21-10-7-8-12-25(21)29(27)4;1-18-13-24(27-16-22-10-7-8-12-25(22)28(27)4)20(3)26(14-18)29-17-23-11-6-5-9-21(23)15-19(29)2/h7-19H,1-6H3;6-17H,1-5H3;5-17H,1-2,4H3;5-17H,1-4H3/q4*+1. The Bertz CT molecular complexity index is 7580. The predicted octanol–water partition coefficient (Wildman–Crippen LogP) is 26.3. The fourth-order valence-corrected chi connectivity index (χ4v) is 18.6. The molecule has 121 heavy (non-hydrogen) atoms. The molecular formula is C112H105N9+4. The summed E-state index contributed by atoms with van der Waals surface area (Å²) in [6.45, 7) is 38.8.